The molecule has 1 aromatic heterocycles. The third-order valence-corrected chi connectivity index (χ3v) is 3.71. The second-order valence-corrected chi connectivity index (χ2v) is 5.59. The number of carboxylic acids is 1. The number of methoxy groups -OCH3 is 1. The molecule has 0 aliphatic heterocycles. The van der Waals surface area contributed by atoms with Crippen molar-refractivity contribution in [3.8, 4) is 5.69 Å². The summed E-state index contributed by atoms with van der Waals surface area (Å²) in [5, 5.41) is 13.8. The molecule has 1 amide bonds. The van der Waals surface area contributed by atoms with Crippen LogP contribution >= 0.6 is 11.6 Å². The van der Waals surface area contributed by atoms with E-state index in [9.17, 15) is 9.59 Å². The van der Waals surface area contributed by atoms with Crippen molar-refractivity contribution in [2.24, 2.45) is 0 Å². The first kappa shape index (κ1) is 18.0. The number of carboxylic acid groups (broad SMARTS) is 1. The second kappa shape index (κ2) is 7.94. The van der Waals surface area contributed by atoms with E-state index in [0.717, 1.165) is 5.69 Å². The summed E-state index contributed by atoms with van der Waals surface area (Å²) in [7, 11) is 1.49. The zero-order valence-corrected chi connectivity index (χ0v) is 14.2. The number of hydrogen-bond donors (Lipinski definition) is 1. The van der Waals surface area contributed by atoms with Crippen molar-refractivity contribution in [2.45, 2.75) is 6.92 Å². The molecule has 8 heteroatoms. The molecule has 0 spiro atoms. The van der Waals surface area contributed by atoms with Gasteiger partial charge in [-0.25, -0.2) is 4.68 Å². The van der Waals surface area contributed by atoms with E-state index in [-0.39, 0.29) is 13.2 Å². The van der Waals surface area contributed by atoms with Crippen LogP contribution in [0.5, 0.6) is 0 Å². The van der Waals surface area contributed by atoms with Crippen LogP contribution in [0.15, 0.2) is 30.5 Å². The van der Waals surface area contributed by atoms with Gasteiger partial charge in [0.15, 0.2) is 0 Å². The predicted octanol–water partition coefficient (Wildman–Crippen LogP) is 2.01. The maximum atomic E-state index is 12.6. The molecule has 0 saturated heterocycles. The second-order valence-electron chi connectivity index (χ2n) is 5.15. The van der Waals surface area contributed by atoms with E-state index >= 15 is 0 Å². The van der Waals surface area contributed by atoms with Crippen LogP contribution in [0.3, 0.4) is 0 Å². The van der Waals surface area contributed by atoms with Gasteiger partial charge in [-0.3, -0.25) is 9.59 Å². The Labute approximate surface area is 144 Å². The van der Waals surface area contributed by atoms with Crippen LogP contribution in [0.1, 0.15) is 16.1 Å². The lowest BCUT2D eigenvalue weighted by molar-refractivity contribution is -0.137. The lowest BCUT2D eigenvalue weighted by atomic mass is 10.2. The number of rotatable bonds is 7. The van der Waals surface area contributed by atoms with Crippen molar-refractivity contribution >= 4 is 23.5 Å². The minimum absolute atomic E-state index is 0.184. The Kier molecular flexibility index (Phi) is 5.94. The molecule has 2 aromatic rings. The Morgan fingerprint density at radius 1 is 1.42 bits per heavy atom. The standard InChI is InChI=1S/C16H18ClN3O4/c1-11-14(16(23)19(6-7-24-2)10-15(21)22)9-18-20(11)13-5-3-4-12(17)8-13/h3-5,8-9H,6-7,10H2,1-2H3,(H,21,22). The van der Waals surface area contributed by atoms with Crippen molar-refractivity contribution in [3.05, 3.63) is 46.7 Å². The summed E-state index contributed by atoms with van der Waals surface area (Å²) >= 11 is 5.99. The molecule has 0 aliphatic rings. The van der Waals surface area contributed by atoms with Crippen molar-refractivity contribution in [2.75, 3.05) is 26.8 Å². The number of amides is 1. The molecule has 128 valence electrons. The topological polar surface area (TPSA) is 84.7 Å². The molecule has 0 aliphatic carbocycles. The molecule has 24 heavy (non-hydrogen) atoms. The number of hydrogen-bond acceptors (Lipinski definition) is 4. The van der Waals surface area contributed by atoms with E-state index in [1.807, 2.05) is 6.07 Å². The molecule has 2 rings (SSSR count). The van der Waals surface area contributed by atoms with Gasteiger partial charge < -0.3 is 14.7 Å². The number of halogens is 1. The van der Waals surface area contributed by atoms with Gasteiger partial charge in [0.2, 0.25) is 0 Å². The molecular weight excluding hydrogens is 334 g/mol. The Morgan fingerprint density at radius 3 is 2.79 bits per heavy atom. The van der Waals surface area contributed by atoms with Crippen LogP contribution in [0.25, 0.3) is 5.69 Å². The molecular formula is C16H18ClN3O4. The number of carbonyl (C=O) groups excluding carboxylic acids is 1. The Morgan fingerprint density at radius 2 is 2.17 bits per heavy atom. The van der Waals surface area contributed by atoms with Gasteiger partial charge in [-0.2, -0.15) is 5.10 Å². The van der Waals surface area contributed by atoms with Crippen molar-refractivity contribution < 1.29 is 19.4 Å². The lowest BCUT2D eigenvalue weighted by Crippen LogP contribution is -2.38. The SMILES string of the molecule is COCCN(CC(=O)O)C(=O)c1cnn(-c2cccc(Cl)c2)c1C. The van der Waals surface area contributed by atoms with E-state index in [0.29, 0.717) is 16.3 Å². The van der Waals surface area contributed by atoms with E-state index < -0.39 is 18.4 Å². The van der Waals surface area contributed by atoms with Gasteiger partial charge in [0, 0.05) is 18.7 Å². The summed E-state index contributed by atoms with van der Waals surface area (Å²) in [5.74, 6) is -1.49. The highest BCUT2D eigenvalue weighted by Gasteiger charge is 2.22. The Hall–Kier alpha value is -2.38. The van der Waals surface area contributed by atoms with Gasteiger partial charge in [0.1, 0.15) is 6.54 Å². The highest BCUT2D eigenvalue weighted by atomic mass is 35.5. The molecule has 0 bridgehead atoms. The fourth-order valence-electron chi connectivity index (χ4n) is 2.28. The van der Waals surface area contributed by atoms with Gasteiger partial charge in [-0.15, -0.1) is 0 Å². The van der Waals surface area contributed by atoms with E-state index in [1.54, 1.807) is 29.8 Å². The fourth-order valence-corrected chi connectivity index (χ4v) is 2.46. The number of aliphatic carboxylic acids is 1. The molecule has 1 aromatic carbocycles. The van der Waals surface area contributed by atoms with Crippen LogP contribution in [0.2, 0.25) is 5.02 Å². The summed E-state index contributed by atoms with van der Waals surface area (Å²) < 4.78 is 6.53. The van der Waals surface area contributed by atoms with Crippen molar-refractivity contribution in [1.29, 1.82) is 0 Å². The average molecular weight is 352 g/mol. The molecule has 1 N–H and O–H groups in total. The van der Waals surface area contributed by atoms with Crippen LogP contribution in [-0.4, -0.2) is 58.5 Å². The number of nitrogens with zero attached hydrogens (tertiary/aromatic N) is 3. The molecule has 0 unspecified atom stereocenters. The van der Waals surface area contributed by atoms with E-state index in [2.05, 4.69) is 5.10 Å². The minimum atomic E-state index is -1.08. The van der Waals surface area contributed by atoms with E-state index in [4.69, 9.17) is 21.4 Å². The highest BCUT2D eigenvalue weighted by molar-refractivity contribution is 6.30. The normalized spacial score (nSPS) is 10.6. The number of ether oxygens (including phenoxy) is 1. The van der Waals surface area contributed by atoms with Crippen LogP contribution < -0.4 is 0 Å². The van der Waals surface area contributed by atoms with Gasteiger partial charge >= 0.3 is 5.97 Å². The number of carbonyl (C=O) groups is 2. The molecule has 0 saturated carbocycles. The van der Waals surface area contributed by atoms with Crippen LogP contribution in [-0.2, 0) is 9.53 Å². The summed E-state index contributed by atoms with van der Waals surface area (Å²) in [6.45, 7) is 1.78. The molecule has 7 nitrogen and oxygen atoms in total. The summed E-state index contributed by atoms with van der Waals surface area (Å²) in [6, 6.07) is 7.08. The van der Waals surface area contributed by atoms with Crippen LogP contribution in [0.4, 0.5) is 0 Å². The average Bonchev–Trinajstić information content (AvgIpc) is 2.92. The smallest absolute Gasteiger partial charge is 0.323 e. The molecule has 0 radical (unpaired) electrons. The first-order valence-corrected chi connectivity index (χ1v) is 7.62. The van der Waals surface area contributed by atoms with Gasteiger partial charge in [0.25, 0.3) is 5.91 Å². The third-order valence-electron chi connectivity index (χ3n) is 3.47. The summed E-state index contributed by atoms with van der Waals surface area (Å²) in [5.41, 5.74) is 1.67. The fraction of sp³-hybridized carbons (Fsp3) is 0.312. The monoisotopic (exact) mass is 351 g/mol. The Bertz CT molecular complexity index is 745. The van der Waals surface area contributed by atoms with Crippen molar-refractivity contribution in [1.82, 2.24) is 14.7 Å². The largest absolute Gasteiger partial charge is 0.480 e. The van der Waals surface area contributed by atoms with Crippen molar-refractivity contribution in [3.63, 3.8) is 0 Å². The zero-order chi connectivity index (χ0) is 17.7. The molecule has 1 heterocycles. The maximum absolute atomic E-state index is 12.6. The summed E-state index contributed by atoms with van der Waals surface area (Å²) in [4.78, 5) is 24.9. The summed E-state index contributed by atoms with van der Waals surface area (Å²) in [6.07, 6.45) is 1.43. The molecule has 0 atom stereocenters. The van der Waals surface area contributed by atoms with Gasteiger partial charge in [-0.05, 0) is 25.1 Å². The quantitative estimate of drug-likeness (QED) is 0.824. The van der Waals surface area contributed by atoms with Gasteiger partial charge in [-0.1, -0.05) is 17.7 Å². The highest BCUT2D eigenvalue weighted by Crippen LogP contribution is 2.19. The Balaban J connectivity index is 2.30. The number of aromatic nitrogens is 2. The maximum Gasteiger partial charge on any atom is 0.323 e. The third kappa shape index (κ3) is 4.12. The lowest BCUT2D eigenvalue weighted by Gasteiger charge is -2.20. The van der Waals surface area contributed by atoms with Crippen LogP contribution in [0, 0.1) is 6.92 Å². The minimum Gasteiger partial charge on any atom is -0.480 e. The number of benzene rings is 1. The first-order chi connectivity index (χ1) is 11.4. The first-order valence-electron chi connectivity index (χ1n) is 7.24. The predicted molar refractivity (Wildman–Crippen MR) is 88.7 cm³/mol. The molecule has 0 fully saturated rings. The van der Waals surface area contributed by atoms with E-state index in [1.165, 1.54) is 18.2 Å². The van der Waals surface area contributed by atoms with Gasteiger partial charge in [0.05, 0.1) is 29.7 Å². The zero-order valence-electron chi connectivity index (χ0n) is 13.4.